The average molecular weight is 299 g/mol. The van der Waals surface area contributed by atoms with Crippen molar-refractivity contribution in [2.24, 2.45) is 11.7 Å². The molecule has 2 heterocycles. The molecule has 1 aliphatic heterocycles. The summed E-state index contributed by atoms with van der Waals surface area (Å²) in [4.78, 5) is 4.15. The lowest BCUT2D eigenvalue weighted by Crippen LogP contribution is -2.43. The third kappa shape index (κ3) is 2.71. The predicted octanol–water partition coefficient (Wildman–Crippen LogP) is 0.548. The first-order chi connectivity index (χ1) is 9.36. The summed E-state index contributed by atoms with van der Waals surface area (Å²) in [5.74, 6) is 0.555. The van der Waals surface area contributed by atoms with Crippen LogP contribution in [-0.4, -0.2) is 41.2 Å². The maximum atomic E-state index is 12.6. The van der Waals surface area contributed by atoms with Crippen LogP contribution in [0.3, 0.4) is 0 Å². The number of nitrogens with two attached hydrogens (primary N) is 1. The van der Waals surface area contributed by atoms with E-state index in [0.717, 1.165) is 12.8 Å². The number of hydrogen-bond donors (Lipinski definition) is 2. The standard InChI is InChI=1S/C12H21N5O2S/c1-3-16-8-11(15-9(16)2)20(18,19)17-6-4-5-10(7-17)12(13)14/h8,10H,3-7H2,1-2H3,(H3,13,14). The van der Waals surface area contributed by atoms with Gasteiger partial charge in [-0.15, -0.1) is 0 Å². The lowest BCUT2D eigenvalue weighted by Gasteiger charge is -2.30. The van der Waals surface area contributed by atoms with E-state index < -0.39 is 10.0 Å². The van der Waals surface area contributed by atoms with Crippen LogP contribution in [0.15, 0.2) is 11.2 Å². The highest BCUT2D eigenvalue weighted by Crippen LogP contribution is 2.23. The third-order valence-electron chi connectivity index (χ3n) is 3.72. The number of nitrogens with one attached hydrogen (secondary N) is 1. The molecule has 1 aliphatic rings. The highest BCUT2D eigenvalue weighted by atomic mass is 32.2. The number of sulfonamides is 1. The molecule has 0 radical (unpaired) electrons. The fraction of sp³-hybridized carbons (Fsp3) is 0.667. The monoisotopic (exact) mass is 299 g/mol. The SMILES string of the molecule is CCn1cc(S(=O)(=O)N2CCCC(C(=N)N)C2)nc1C. The highest BCUT2D eigenvalue weighted by Gasteiger charge is 2.33. The lowest BCUT2D eigenvalue weighted by molar-refractivity contribution is 0.309. The molecule has 112 valence electrons. The van der Waals surface area contributed by atoms with Crippen molar-refractivity contribution in [1.29, 1.82) is 5.41 Å². The van der Waals surface area contributed by atoms with E-state index in [1.807, 2.05) is 6.92 Å². The van der Waals surface area contributed by atoms with Gasteiger partial charge in [0.15, 0.2) is 5.03 Å². The van der Waals surface area contributed by atoms with Gasteiger partial charge >= 0.3 is 0 Å². The molecule has 3 N–H and O–H groups in total. The summed E-state index contributed by atoms with van der Waals surface area (Å²) in [6.45, 7) is 5.15. The molecule has 20 heavy (non-hydrogen) atoms. The number of rotatable bonds is 4. The first-order valence-electron chi connectivity index (χ1n) is 6.74. The number of aromatic nitrogens is 2. The summed E-state index contributed by atoms with van der Waals surface area (Å²) in [7, 11) is -3.59. The van der Waals surface area contributed by atoms with E-state index in [1.54, 1.807) is 17.7 Å². The molecular weight excluding hydrogens is 278 g/mol. The van der Waals surface area contributed by atoms with Gasteiger partial charge in [-0.1, -0.05) is 0 Å². The average Bonchev–Trinajstić information content (AvgIpc) is 2.81. The minimum atomic E-state index is -3.59. The number of amidine groups is 1. The maximum absolute atomic E-state index is 12.6. The van der Waals surface area contributed by atoms with E-state index >= 15 is 0 Å². The quantitative estimate of drug-likeness (QED) is 0.625. The molecule has 1 saturated heterocycles. The molecule has 2 rings (SSSR count). The second-order valence-corrected chi connectivity index (χ2v) is 6.95. The molecule has 7 nitrogen and oxygen atoms in total. The van der Waals surface area contributed by atoms with E-state index in [-0.39, 0.29) is 23.3 Å². The Morgan fingerprint density at radius 2 is 2.30 bits per heavy atom. The van der Waals surface area contributed by atoms with Gasteiger partial charge in [0.1, 0.15) is 5.82 Å². The molecule has 0 bridgehead atoms. The van der Waals surface area contributed by atoms with E-state index in [1.165, 1.54) is 4.31 Å². The van der Waals surface area contributed by atoms with Crippen LogP contribution in [0.5, 0.6) is 0 Å². The Bertz CT molecular complexity index is 607. The van der Waals surface area contributed by atoms with Crippen LogP contribution >= 0.6 is 0 Å². The van der Waals surface area contributed by atoms with Crippen molar-refractivity contribution >= 4 is 15.9 Å². The fourth-order valence-electron chi connectivity index (χ4n) is 2.47. The van der Waals surface area contributed by atoms with Crippen LogP contribution in [0.4, 0.5) is 0 Å². The van der Waals surface area contributed by atoms with Gasteiger partial charge in [0, 0.05) is 31.7 Å². The summed E-state index contributed by atoms with van der Waals surface area (Å²) < 4.78 is 28.3. The maximum Gasteiger partial charge on any atom is 0.262 e. The zero-order chi connectivity index (χ0) is 14.9. The first kappa shape index (κ1) is 15.0. The zero-order valence-electron chi connectivity index (χ0n) is 11.8. The summed E-state index contributed by atoms with van der Waals surface area (Å²) in [6, 6.07) is 0. The minimum Gasteiger partial charge on any atom is -0.387 e. The Morgan fingerprint density at radius 3 is 2.85 bits per heavy atom. The van der Waals surface area contributed by atoms with Crippen molar-refractivity contribution in [2.45, 2.75) is 38.3 Å². The molecule has 1 unspecified atom stereocenters. The van der Waals surface area contributed by atoms with Crippen LogP contribution in [-0.2, 0) is 16.6 Å². The number of aryl methyl sites for hydroxylation is 2. The summed E-state index contributed by atoms with van der Waals surface area (Å²) >= 11 is 0. The normalized spacial score (nSPS) is 21.0. The number of nitrogens with zero attached hydrogens (tertiary/aromatic N) is 3. The Balaban J connectivity index is 2.27. The zero-order valence-corrected chi connectivity index (χ0v) is 12.7. The van der Waals surface area contributed by atoms with Crippen molar-refractivity contribution in [3.05, 3.63) is 12.0 Å². The number of piperidine rings is 1. The topological polar surface area (TPSA) is 105 Å². The van der Waals surface area contributed by atoms with Crippen LogP contribution in [0, 0.1) is 18.3 Å². The highest BCUT2D eigenvalue weighted by molar-refractivity contribution is 7.89. The Hall–Kier alpha value is -1.41. The van der Waals surface area contributed by atoms with E-state index in [4.69, 9.17) is 11.1 Å². The van der Waals surface area contributed by atoms with E-state index in [2.05, 4.69) is 4.98 Å². The smallest absolute Gasteiger partial charge is 0.262 e. The van der Waals surface area contributed by atoms with Gasteiger partial charge in [0.05, 0.1) is 5.84 Å². The largest absolute Gasteiger partial charge is 0.387 e. The molecule has 0 aliphatic carbocycles. The Morgan fingerprint density at radius 1 is 1.60 bits per heavy atom. The van der Waals surface area contributed by atoms with Gasteiger partial charge in [-0.05, 0) is 26.7 Å². The van der Waals surface area contributed by atoms with Gasteiger partial charge in [-0.2, -0.15) is 4.31 Å². The molecule has 0 spiro atoms. The predicted molar refractivity (Wildman–Crippen MR) is 76.0 cm³/mol. The molecule has 1 fully saturated rings. The minimum absolute atomic E-state index is 0.0557. The first-order valence-corrected chi connectivity index (χ1v) is 8.18. The molecule has 0 amide bonds. The van der Waals surface area contributed by atoms with Crippen molar-refractivity contribution < 1.29 is 8.42 Å². The Labute approximate surface area is 119 Å². The van der Waals surface area contributed by atoms with Crippen molar-refractivity contribution in [2.75, 3.05) is 13.1 Å². The second kappa shape index (κ2) is 5.53. The van der Waals surface area contributed by atoms with Crippen LogP contribution in [0.1, 0.15) is 25.6 Å². The van der Waals surface area contributed by atoms with Gasteiger partial charge < -0.3 is 10.3 Å². The van der Waals surface area contributed by atoms with Crippen LogP contribution in [0.25, 0.3) is 0 Å². The summed E-state index contributed by atoms with van der Waals surface area (Å²) in [6.07, 6.45) is 3.06. The third-order valence-corrected chi connectivity index (χ3v) is 5.46. The molecular formula is C12H21N5O2S. The van der Waals surface area contributed by atoms with Gasteiger partial charge in [0.2, 0.25) is 0 Å². The van der Waals surface area contributed by atoms with Gasteiger partial charge in [-0.3, -0.25) is 5.41 Å². The molecule has 0 saturated carbocycles. The number of imidazole rings is 1. The van der Waals surface area contributed by atoms with E-state index in [0.29, 0.717) is 18.9 Å². The van der Waals surface area contributed by atoms with E-state index in [9.17, 15) is 8.42 Å². The van der Waals surface area contributed by atoms with Crippen LogP contribution in [0.2, 0.25) is 0 Å². The van der Waals surface area contributed by atoms with Crippen molar-refractivity contribution in [3.8, 4) is 0 Å². The molecule has 0 aromatic carbocycles. The molecule has 1 aromatic heterocycles. The molecule has 1 atom stereocenters. The van der Waals surface area contributed by atoms with Crippen molar-refractivity contribution in [3.63, 3.8) is 0 Å². The Kier molecular flexibility index (Phi) is 4.14. The summed E-state index contributed by atoms with van der Waals surface area (Å²) in [5.41, 5.74) is 5.50. The van der Waals surface area contributed by atoms with Gasteiger partial charge in [-0.25, -0.2) is 13.4 Å². The van der Waals surface area contributed by atoms with Gasteiger partial charge in [0.25, 0.3) is 10.0 Å². The number of hydrogen-bond acceptors (Lipinski definition) is 4. The summed E-state index contributed by atoms with van der Waals surface area (Å²) in [5, 5.41) is 7.58. The fourth-order valence-corrected chi connectivity index (χ4v) is 3.99. The molecule has 8 heteroatoms. The lowest BCUT2D eigenvalue weighted by atomic mass is 9.99. The van der Waals surface area contributed by atoms with Crippen LogP contribution < -0.4 is 5.73 Å². The van der Waals surface area contributed by atoms with Crippen molar-refractivity contribution in [1.82, 2.24) is 13.9 Å². The molecule has 1 aromatic rings. The second-order valence-electron chi connectivity index (χ2n) is 5.07.